The van der Waals surface area contributed by atoms with Gasteiger partial charge in [-0.3, -0.25) is 9.59 Å². The Kier molecular flexibility index (Phi) is 4.51. The third kappa shape index (κ3) is 3.49. The van der Waals surface area contributed by atoms with E-state index < -0.39 is 0 Å². The first-order valence-electron chi connectivity index (χ1n) is 9.26. The number of hydrogen-bond donors (Lipinski definition) is 1. The van der Waals surface area contributed by atoms with Crippen LogP contribution in [0.4, 0.5) is 5.95 Å². The maximum absolute atomic E-state index is 12.7. The summed E-state index contributed by atoms with van der Waals surface area (Å²) in [6, 6.07) is 9.19. The van der Waals surface area contributed by atoms with Gasteiger partial charge in [0.25, 0.3) is 5.91 Å². The van der Waals surface area contributed by atoms with E-state index in [1.54, 1.807) is 6.07 Å². The first kappa shape index (κ1) is 17.5. The zero-order valence-corrected chi connectivity index (χ0v) is 15.6. The molecule has 2 aromatic rings. The molecule has 0 saturated carbocycles. The quantitative estimate of drug-likeness (QED) is 0.894. The van der Waals surface area contributed by atoms with Gasteiger partial charge in [0.1, 0.15) is 0 Å². The molecule has 0 unspecified atom stereocenters. The van der Waals surface area contributed by atoms with Gasteiger partial charge in [-0.1, -0.05) is 18.2 Å². The van der Waals surface area contributed by atoms with Gasteiger partial charge in [-0.2, -0.15) is 0 Å². The highest BCUT2D eigenvalue weighted by Gasteiger charge is 2.32. The van der Waals surface area contributed by atoms with E-state index in [2.05, 4.69) is 20.2 Å². The maximum Gasteiger partial charge on any atom is 0.252 e. The standard InChI is InChI=1S/C20H23N5O2/c1-13-11-14(2)22-20(21-13)25-9-7-24(8-10-25)18(26)12-17-15-5-3-4-6-16(15)19(27)23-17/h3-6,11,17H,7-10,12H2,1-2H3,(H,23,27)/t17-/m1/s1. The van der Waals surface area contributed by atoms with Crippen molar-refractivity contribution >= 4 is 17.8 Å². The molecule has 1 atom stereocenters. The van der Waals surface area contributed by atoms with Crippen LogP contribution >= 0.6 is 0 Å². The van der Waals surface area contributed by atoms with E-state index >= 15 is 0 Å². The van der Waals surface area contributed by atoms with Crippen molar-refractivity contribution in [3.05, 3.63) is 52.8 Å². The molecule has 140 valence electrons. The molecular formula is C20H23N5O2. The summed E-state index contributed by atoms with van der Waals surface area (Å²) < 4.78 is 0. The SMILES string of the molecule is Cc1cc(C)nc(N2CCN(C(=O)C[C@H]3NC(=O)c4ccccc43)CC2)n1. The van der Waals surface area contributed by atoms with Gasteiger partial charge >= 0.3 is 0 Å². The molecule has 0 aliphatic carbocycles. The van der Waals surface area contributed by atoms with E-state index in [1.807, 2.05) is 43.0 Å². The Hall–Kier alpha value is -2.96. The average molecular weight is 365 g/mol. The second kappa shape index (κ2) is 6.98. The highest BCUT2D eigenvalue weighted by molar-refractivity contribution is 5.99. The number of carbonyl (C=O) groups excluding carboxylic acids is 2. The van der Waals surface area contributed by atoms with E-state index in [4.69, 9.17) is 0 Å². The number of rotatable bonds is 3. The molecule has 1 saturated heterocycles. The Morgan fingerprint density at radius 1 is 1.11 bits per heavy atom. The fourth-order valence-corrected chi connectivity index (χ4v) is 3.79. The van der Waals surface area contributed by atoms with Crippen LogP contribution in [0, 0.1) is 13.8 Å². The smallest absolute Gasteiger partial charge is 0.252 e. The van der Waals surface area contributed by atoms with Crippen LogP contribution in [-0.2, 0) is 4.79 Å². The number of carbonyl (C=O) groups is 2. The molecule has 2 aliphatic rings. The minimum atomic E-state index is -0.234. The molecule has 2 aliphatic heterocycles. The number of piperazine rings is 1. The van der Waals surface area contributed by atoms with Crippen LogP contribution in [0.5, 0.6) is 0 Å². The van der Waals surface area contributed by atoms with E-state index in [-0.39, 0.29) is 17.9 Å². The Balaban J connectivity index is 1.37. The highest BCUT2D eigenvalue weighted by Crippen LogP contribution is 2.28. The van der Waals surface area contributed by atoms with E-state index in [9.17, 15) is 9.59 Å². The minimum absolute atomic E-state index is 0.0676. The molecule has 1 aromatic heterocycles. The number of nitrogens with zero attached hydrogens (tertiary/aromatic N) is 4. The Morgan fingerprint density at radius 2 is 1.78 bits per heavy atom. The second-order valence-electron chi connectivity index (χ2n) is 7.14. The molecule has 1 N–H and O–H groups in total. The van der Waals surface area contributed by atoms with Gasteiger partial charge in [-0.15, -0.1) is 0 Å². The summed E-state index contributed by atoms with van der Waals surface area (Å²) in [7, 11) is 0. The van der Waals surface area contributed by atoms with Crippen molar-refractivity contribution < 1.29 is 9.59 Å². The molecule has 7 nitrogen and oxygen atoms in total. The number of aromatic nitrogens is 2. The molecule has 0 spiro atoms. The average Bonchev–Trinajstić information content (AvgIpc) is 2.97. The van der Waals surface area contributed by atoms with Crippen LogP contribution in [-0.4, -0.2) is 52.9 Å². The number of anilines is 1. The lowest BCUT2D eigenvalue weighted by atomic mass is 10.0. The van der Waals surface area contributed by atoms with Crippen LogP contribution in [0.25, 0.3) is 0 Å². The zero-order chi connectivity index (χ0) is 19.0. The summed E-state index contributed by atoms with van der Waals surface area (Å²) in [5.74, 6) is 0.703. The lowest BCUT2D eigenvalue weighted by Crippen LogP contribution is -2.49. The number of amides is 2. The number of benzene rings is 1. The highest BCUT2D eigenvalue weighted by atomic mass is 16.2. The van der Waals surface area contributed by atoms with Gasteiger partial charge in [-0.25, -0.2) is 9.97 Å². The first-order valence-corrected chi connectivity index (χ1v) is 9.26. The van der Waals surface area contributed by atoms with Gasteiger partial charge < -0.3 is 15.1 Å². The van der Waals surface area contributed by atoms with Crippen molar-refractivity contribution in [2.45, 2.75) is 26.3 Å². The largest absolute Gasteiger partial charge is 0.345 e. The fourth-order valence-electron chi connectivity index (χ4n) is 3.79. The number of fused-ring (bicyclic) bond motifs is 1. The summed E-state index contributed by atoms with van der Waals surface area (Å²) in [5, 5.41) is 2.92. The predicted molar refractivity (Wildman–Crippen MR) is 102 cm³/mol. The van der Waals surface area contributed by atoms with Gasteiger partial charge in [0.15, 0.2) is 0 Å². The third-order valence-electron chi connectivity index (χ3n) is 5.15. The van der Waals surface area contributed by atoms with Crippen molar-refractivity contribution in [3.8, 4) is 0 Å². The second-order valence-corrected chi connectivity index (χ2v) is 7.14. The molecule has 1 fully saturated rings. The van der Waals surface area contributed by atoms with Crippen LogP contribution in [0.3, 0.4) is 0 Å². The van der Waals surface area contributed by atoms with Gasteiger partial charge in [0.2, 0.25) is 11.9 Å². The van der Waals surface area contributed by atoms with Gasteiger partial charge in [-0.05, 0) is 31.5 Å². The summed E-state index contributed by atoms with van der Waals surface area (Å²) >= 11 is 0. The molecule has 7 heteroatoms. The van der Waals surface area contributed by atoms with Crippen molar-refractivity contribution in [2.24, 2.45) is 0 Å². The predicted octanol–water partition coefficient (Wildman–Crippen LogP) is 1.62. The van der Waals surface area contributed by atoms with Crippen LogP contribution < -0.4 is 10.2 Å². The minimum Gasteiger partial charge on any atom is -0.345 e. The van der Waals surface area contributed by atoms with Crippen LogP contribution in [0.1, 0.15) is 39.8 Å². The monoisotopic (exact) mass is 365 g/mol. The summed E-state index contributed by atoms with van der Waals surface area (Å²) in [5.41, 5.74) is 3.49. The van der Waals surface area contributed by atoms with Crippen molar-refractivity contribution in [2.75, 3.05) is 31.1 Å². The first-order chi connectivity index (χ1) is 13.0. The number of aryl methyl sites for hydroxylation is 2. The summed E-state index contributed by atoms with van der Waals surface area (Å²) in [6.45, 7) is 6.62. The molecule has 1 aromatic carbocycles. The normalized spacial score (nSPS) is 19.0. The van der Waals surface area contributed by atoms with E-state index in [1.165, 1.54) is 0 Å². The van der Waals surface area contributed by atoms with Crippen molar-refractivity contribution in [1.29, 1.82) is 0 Å². The molecule has 4 rings (SSSR count). The maximum atomic E-state index is 12.7. The molecule has 0 radical (unpaired) electrons. The molecular weight excluding hydrogens is 342 g/mol. The molecule has 0 bridgehead atoms. The Labute approximate surface area is 158 Å². The van der Waals surface area contributed by atoms with Crippen LogP contribution in [0.15, 0.2) is 30.3 Å². The Morgan fingerprint density at radius 3 is 2.48 bits per heavy atom. The fraction of sp³-hybridized carbons (Fsp3) is 0.400. The summed E-state index contributed by atoms with van der Waals surface area (Å²) in [4.78, 5) is 37.8. The van der Waals surface area contributed by atoms with E-state index in [0.717, 1.165) is 22.9 Å². The third-order valence-corrected chi connectivity index (χ3v) is 5.15. The Bertz CT molecular complexity index is 869. The number of hydrogen-bond acceptors (Lipinski definition) is 5. The van der Waals surface area contributed by atoms with E-state index in [0.29, 0.717) is 38.2 Å². The van der Waals surface area contributed by atoms with Crippen molar-refractivity contribution in [3.63, 3.8) is 0 Å². The molecule has 2 amide bonds. The lowest BCUT2D eigenvalue weighted by Gasteiger charge is -2.35. The van der Waals surface area contributed by atoms with Crippen LogP contribution in [0.2, 0.25) is 0 Å². The topological polar surface area (TPSA) is 78.4 Å². The lowest BCUT2D eigenvalue weighted by molar-refractivity contribution is -0.132. The number of nitrogens with one attached hydrogen (secondary N) is 1. The zero-order valence-electron chi connectivity index (χ0n) is 15.6. The van der Waals surface area contributed by atoms with Gasteiger partial charge in [0.05, 0.1) is 12.5 Å². The molecule has 3 heterocycles. The molecule has 27 heavy (non-hydrogen) atoms. The van der Waals surface area contributed by atoms with Crippen molar-refractivity contribution in [1.82, 2.24) is 20.2 Å². The summed E-state index contributed by atoms with van der Waals surface area (Å²) in [6.07, 6.45) is 0.294. The van der Waals surface area contributed by atoms with Gasteiger partial charge in [0, 0.05) is 43.1 Å².